The van der Waals surface area contributed by atoms with Crippen LogP contribution in [0.5, 0.6) is 5.75 Å². The van der Waals surface area contributed by atoms with Crippen LogP contribution in [0.15, 0.2) is 84.9 Å². The molecular weight excluding hydrogens is 438 g/mol. The van der Waals surface area contributed by atoms with Crippen LogP contribution in [-0.2, 0) is 6.42 Å². The van der Waals surface area contributed by atoms with Crippen LogP contribution in [0.2, 0.25) is 0 Å². The first kappa shape index (κ1) is 26.8. The molecule has 5 nitrogen and oxygen atoms in total. The molecule has 6 heteroatoms. The minimum absolute atomic E-state index is 0. The van der Waals surface area contributed by atoms with Gasteiger partial charge in [-0.25, -0.2) is 0 Å². The summed E-state index contributed by atoms with van der Waals surface area (Å²) >= 11 is 0. The van der Waals surface area contributed by atoms with Gasteiger partial charge in [-0.3, -0.25) is 4.90 Å². The van der Waals surface area contributed by atoms with Gasteiger partial charge in [0.25, 0.3) is 0 Å². The summed E-state index contributed by atoms with van der Waals surface area (Å²) in [6.45, 7) is 4.51. The molecule has 0 amide bonds. The summed E-state index contributed by atoms with van der Waals surface area (Å²) < 4.78 is 5.30. The van der Waals surface area contributed by atoms with Crippen molar-refractivity contribution < 1.29 is 20.1 Å². The van der Waals surface area contributed by atoms with Crippen molar-refractivity contribution in [3.8, 4) is 5.75 Å². The molecule has 0 spiro atoms. The monoisotopic (exact) mass is 471 g/mol. The number of nitrogens with zero attached hydrogens (tertiary/aromatic N) is 1. The van der Waals surface area contributed by atoms with Crippen LogP contribution in [0.1, 0.15) is 42.7 Å². The van der Waals surface area contributed by atoms with Gasteiger partial charge in [-0.1, -0.05) is 72.8 Å². The van der Waals surface area contributed by atoms with E-state index < -0.39 is 18.5 Å². The molecule has 0 radical (unpaired) electrons. The molecule has 0 bridgehead atoms. The fraction of sp³-hybridized carbons (Fsp3) is 0.333. The smallest absolute Gasteiger partial charge is 0.194 e. The summed E-state index contributed by atoms with van der Waals surface area (Å²) in [6, 6.07) is 26.9. The molecule has 3 aromatic rings. The molecule has 1 unspecified atom stereocenters. The number of aliphatic hydroxyl groups excluding tert-OH is 3. The van der Waals surface area contributed by atoms with Crippen LogP contribution < -0.4 is 4.74 Å². The van der Waals surface area contributed by atoms with Gasteiger partial charge in [0.1, 0.15) is 5.75 Å². The van der Waals surface area contributed by atoms with Gasteiger partial charge in [-0.05, 0) is 49.1 Å². The zero-order valence-corrected chi connectivity index (χ0v) is 19.9. The number of halogens is 1. The second-order valence-corrected chi connectivity index (χ2v) is 8.22. The van der Waals surface area contributed by atoms with E-state index in [0.29, 0.717) is 18.8 Å². The second kappa shape index (κ2) is 13.3. The maximum atomic E-state index is 10.8. The van der Waals surface area contributed by atoms with Crippen molar-refractivity contribution in [2.75, 3.05) is 13.1 Å². The van der Waals surface area contributed by atoms with Gasteiger partial charge < -0.3 is 20.1 Å². The highest BCUT2D eigenvalue weighted by Gasteiger charge is 2.22. The van der Waals surface area contributed by atoms with Gasteiger partial charge in [-0.15, -0.1) is 12.4 Å². The Bertz CT molecular complexity index is 874. The lowest BCUT2D eigenvalue weighted by Crippen LogP contribution is -2.40. The Balaban J connectivity index is 0.00000385. The summed E-state index contributed by atoms with van der Waals surface area (Å²) in [5.74, 6) is 0.618. The predicted octanol–water partition coefficient (Wildman–Crippen LogP) is 4.53. The van der Waals surface area contributed by atoms with E-state index in [-0.39, 0.29) is 18.4 Å². The van der Waals surface area contributed by atoms with Crippen molar-refractivity contribution in [2.45, 2.75) is 44.8 Å². The predicted molar refractivity (Wildman–Crippen MR) is 134 cm³/mol. The number of hydrogen-bond donors (Lipinski definition) is 3. The Morgan fingerprint density at radius 1 is 0.697 bits per heavy atom. The van der Waals surface area contributed by atoms with Crippen molar-refractivity contribution in [1.82, 2.24) is 4.90 Å². The van der Waals surface area contributed by atoms with Gasteiger partial charge in [0.2, 0.25) is 0 Å². The Labute approximate surface area is 202 Å². The van der Waals surface area contributed by atoms with Gasteiger partial charge in [0.05, 0.1) is 12.2 Å². The van der Waals surface area contributed by atoms with Crippen LogP contribution in [0, 0.1) is 0 Å². The van der Waals surface area contributed by atoms with Crippen LogP contribution in [-0.4, -0.2) is 45.6 Å². The largest absolute Gasteiger partial charge is 0.465 e. The highest BCUT2D eigenvalue weighted by Crippen LogP contribution is 2.22. The van der Waals surface area contributed by atoms with E-state index in [1.165, 1.54) is 0 Å². The standard InChI is InChI=1S/C27H33NO4.ClH/c1-20(17-22-13-15-25(16-14-22)32-21(2)29)28(18-26(30)23-9-5-3-6-10-23)19-27(31)24-11-7-4-8-12-24;/h3-16,20-21,26-27,29-31H,17-19H2,1-2H3;1H/t20-,21?,26+,27+;/m1./s1. The fourth-order valence-corrected chi connectivity index (χ4v) is 3.81. The third-order valence-electron chi connectivity index (χ3n) is 5.57. The van der Waals surface area contributed by atoms with Gasteiger partial charge in [-0.2, -0.15) is 0 Å². The van der Waals surface area contributed by atoms with Gasteiger partial charge in [0, 0.05) is 19.1 Å². The van der Waals surface area contributed by atoms with E-state index in [0.717, 1.165) is 23.1 Å². The van der Waals surface area contributed by atoms with Crippen LogP contribution in [0.25, 0.3) is 0 Å². The molecule has 33 heavy (non-hydrogen) atoms. The molecule has 3 rings (SSSR count). The molecule has 0 aliphatic carbocycles. The third-order valence-corrected chi connectivity index (χ3v) is 5.57. The fourth-order valence-electron chi connectivity index (χ4n) is 3.81. The first-order valence-electron chi connectivity index (χ1n) is 11.1. The van der Waals surface area contributed by atoms with Crippen LogP contribution in [0.3, 0.4) is 0 Å². The first-order chi connectivity index (χ1) is 15.4. The molecule has 3 aromatic carbocycles. The molecule has 4 atom stereocenters. The number of ether oxygens (including phenoxy) is 1. The van der Waals surface area contributed by atoms with Crippen molar-refractivity contribution in [3.63, 3.8) is 0 Å². The maximum Gasteiger partial charge on any atom is 0.194 e. The quantitative estimate of drug-likeness (QED) is 0.358. The van der Waals surface area contributed by atoms with Gasteiger partial charge >= 0.3 is 0 Å². The normalized spacial score (nSPS) is 14.7. The Kier molecular flexibility index (Phi) is 10.8. The Hall–Kier alpha value is -2.41. The Morgan fingerprint density at radius 2 is 1.15 bits per heavy atom. The molecule has 0 aliphatic heterocycles. The summed E-state index contributed by atoms with van der Waals surface area (Å²) in [7, 11) is 0. The SMILES string of the molecule is CC(O)Oc1ccc(C[C@@H](C)N(C[C@H](O)c2ccccc2)C[C@H](O)c2ccccc2)cc1.Cl. The minimum Gasteiger partial charge on any atom is -0.465 e. The number of benzene rings is 3. The van der Waals surface area contributed by atoms with Crippen molar-refractivity contribution in [2.24, 2.45) is 0 Å². The van der Waals surface area contributed by atoms with Crippen molar-refractivity contribution in [3.05, 3.63) is 102 Å². The molecule has 0 aliphatic rings. The number of aliphatic hydroxyl groups is 3. The van der Waals surface area contributed by atoms with Crippen molar-refractivity contribution in [1.29, 1.82) is 0 Å². The topological polar surface area (TPSA) is 73.2 Å². The lowest BCUT2D eigenvalue weighted by Gasteiger charge is -2.33. The molecule has 0 saturated carbocycles. The lowest BCUT2D eigenvalue weighted by molar-refractivity contribution is -0.000309. The van der Waals surface area contributed by atoms with Crippen molar-refractivity contribution >= 4 is 12.4 Å². The van der Waals surface area contributed by atoms with E-state index in [9.17, 15) is 15.3 Å². The van der Waals surface area contributed by atoms with E-state index in [2.05, 4.69) is 11.8 Å². The van der Waals surface area contributed by atoms with Crippen LogP contribution in [0.4, 0.5) is 0 Å². The highest BCUT2D eigenvalue weighted by atomic mass is 35.5. The summed E-state index contributed by atoms with van der Waals surface area (Å²) in [6.07, 6.45) is -1.40. The van der Waals surface area contributed by atoms with E-state index in [1.54, 1.807) is 6.92 Å². The second-order valence-electron chi connectivity index (χ2n) is 8.22. The summed E-state index contributed by atoms with van der Waals surface area (Å²) in [5.41, 5.74) is 2.83. The molecule has 178 valence electrons. The average molecular weight is 472 g/mol. The highest BCUT2D eigenvalue weighted by molar-refractivity contribution is 5.85. The number of hydrogen-bond acceptors (Lipinski definition) is 5. The summed E-state index contributed by atoms with van der Waals surface area (Å²) in [4.78, 5) is 2.13. The molecular formula is C27H34ClNO4. The zero-order valence-electron chi connectivity index (χ0n) is 19.1. The maximum absolute atomic E-state index is 10.8. The minimum atomic E-state index is -0.853. The van der Waals surface area contributed by atoms with E-state index in [1.807, 2.05) is 84.9 Å². The molecule has 0 fully saturated rings. The van der Waals surface area contributed by atoms with Crippen LogP contribution >= 0.6 is 12.4 Å². The average Bonchev–Trinajstić information content (AvgIpc) is 2.80. The molecule has 0 heterocycles. The molecule has 0 saturated heterocycles. The zero-order chi connectivity index (χ0) is 22.9. The number of rotatable bonds is 11. The first-order valence-corrected chi connectivity index (χ1v) is 11.1. The lowest BCUT2D eigenvalue weighted by atomic mass is 10.0. The molecule has 0 aromatic heterocycles. The third kappa shape index (κ3) is 8.46. The van der Waals surface area contributed by atoms with E-state index in [4.69, 9.17) is 4.74 Å². The Morgan fingerprint density at radius 3 is 1.58 bits per heavy atom. The molecule has 3 N–H and O–H groups in total. The summed E-state index contributed by atoms with van der Waals surface area (Å²) in [5, 5.41) is 31.1. The van der Waals surface area contributed by atoms with Gasteiger partial charge in [0.15, 0.2) is 6.29 Å². The van der Waals surface area contributed by atoms with E-state index >= 15 is 0 Å².